The molecule has 18 heavy (non-hydrogen) atoms. The molecular weight excluding hydrogens is 254 g/mol. The van der Waals surface area contributed by atoms with E-state index in [2.05, 4.69) is 17.4 Å². The first-order valence-electron chi connectivity index (χ1n) is 5.10. The highest BCUT2D eigenvalue weighted by molar-refractivity contribution is 7.96. The molecule has 0 heterocycles. The van der Waals surface area contributed by atoms with Gasteiger partial charge < -0.3 is 4.74 Å². The Kier molecular flexibility index (Phi) is 3.47. The summed E-state index contributed by atoms with van der Waals surface area (Å²) in [5.74, 6) is 0. The second-order valence-corrected chi connectivity index (χ2v) is 3.95. The molecule has 6 heteroatoms. The zero-order valence-electron chi connectivity index (χ0n) is 9.15. The van der Waals surface area contributed by atoms with Gasteiger partial charge in [-0.1, -0.05) is 49.0 Å². The van der Waals surface area contributed by atoms with Crippen molar-refractivity contribution in [1.29, 1.82) is 0 Å². The van der Waals surface area contributed by atoms with E-state index in [-0.39, 0.29) is 0 Å². The standard InChI is InChI=1S/C12H9NO4S/c14-12(18)17-11(13(15)16)10-7-3-5-8-4-1-2-6-9(8)10/h1-7,11H,(H,14,18). The number of ether oxygens (including phenoxy) is 1. The minimum atomic E-state index is -1.54. The molecule has 2 rings (SSSR count). The Labute approximate surface area is 108 Å². The third-order valence-corrected chi connectivity index (χ3v) is 2.60. The number of nitrogens with zero attached hydrogens (tertiary/aromatic N) is 1. The highest BCUT2D eigenvalue weighted by Crippen LogP contribution is 2.27. The number of carbonyl (C=O) groups is 1. The summed E-state index contributed by atoms with van der Waals surface area (Å²) in [6.45, 7) is 0. The molecule has 0 radical (unpaired) electrons. The highest BCUT2D eigenvalue weighted by atomic mass is 32.1. The maximum atomic E-state index is 11.0. The Morgan fingerprint density at radius 3 is 2.56 bits per heavy atom. The number of benzene rings is 2. The second-order valence-electron chi connectivity index (χ2n) is 3.59. The summed E-state index contributed by atoms with van der Waals surface area (Å²) in [6, 6.07) is 12.3. The minimum Gasteiger partial charge on any atom is -0.386 e. The van der Waals surface area contributed by atoms with E-state index in [1.54, 1.807) is 24.3 Å². The van der Waals surface area contributed by atoms with Crippen molar-refractivity contribution in [2.45, 2.75) is 6.23 Å². The Balaban J connectivity index is 2.57. The van der Waals surface area contributed by atoms with E-state index in [0.29, 0.717) is 10.9 Å². The van der Waals surface area contributed by atoms with Crippen molar-refractivity contribution in [3.63, 3.8) is 0 Å². The molecule has 2 aromatic carbocycles. The van der Waals surface area contributed by atoms with Crippen LogP contribution >= 0.6 is 12.6 Å². The van der Waals surface area contributed by atoms with Crippen molar-refractivity contribution in [3.05, 3.63) is 58.1 Å². The molecule has 5 nitrogen and oxygen atoms in total. The topological polar surface area (TPSA) is 69.4 Å². The van der Waals surface area contributed by atoms with Gasteiger partial charge in [0, 0.05) is 0 Å². The van der Waals surface area contributed by atoms with Gasteiger partial charge in [0.05, 0.1) is 10.5 Å². The van der Waals surface area contributed by atoms with Crippen molar-refractivity contribution in [3.8, 4) is 0 Å². The molecular formula is C12H9NO4S. The van der Waals surface area contributed by atoms with Gasteiger partial charge >= 0.3 is 11.5 Å². The number of rotatable bonds is 3. The van der Waals surface area contributed by atoms with Crippen LogP contribution in [0, 0.1) is 10.1 Å². The van der Waals surface area contributed by atoms with E-state index < -0.39 is 16.5 Å². The molecule has 0 saturated heterocycles. The molecule has 0 spiro atoms. The van der Waals surface area contributed by atoms with Gasteiger partial charge in [0.15, 0.2) is 0 Å². The Morgan fingerprint density at radius 1 is 1.22 bits per heavy atom. The normalized spacial score (nSPS) is 12.1. The molecule has 0 bridgehead atoms. The Morgan fingerprint density at radius 2 is 1.89 bits per heavy atom. The molecule has 0 amide bonds. The van der Waals surface area contributed by atoms with E-state index in [9.17, 15) is 14.9 Å². The van der Waals surface area contributed by atoms with Gasteiger partial charge in [0.2, 0.25) is 0 Å². The van der Waals surface area contributed by atoms with Crippen molar-refractivity contribution in [1.82, 2.24) is 0 Å². The van der Waals surface area contributed by atoms with Gasteiger partial charge in [-0.05, 0) is 16.8 Å². The second kappa shape index (κ2) is 5.05. The first-order chi connectivity index (χ1) is 8.59. The number of nitro groups is 1. The van der Waals surface area contributed by atoms with Crippen LogP contribution in [-0.2, 0) is 4.74 Å². The number of hydrogen-bond acceptors (Lipinski definition) is 4. The molecule has 0 fully saturated rings. The quantitative estimate of drug-likeness (QED) is 0.303. The highest BCUT2D eigenvalue weighted by Gasteiger charge is 2.27. The third-order valence-electron chi connectivity index (χ3n) is 2.49. The molecule has 0 saturated carbocycles. The fourth-order valence-electron chi connectivity index (χ4n) is 1.78. The van der Waals surface area contributed by atoms with E-state index in [1.165, 1.54) is 0 Å². The number of carbonyl (C=O) groups excluding carboxylic acids is 1. The molecule has 0 N–H and O–H groups in total. The van der Waals surface area contributed by atoms with E-state index in [0.717, 1.165) is 5.39 Å². The zero-order valence-corrected chi connectivity index (χ0v) is 10.0. The predicted molar refractivity (Wildman–Crippen MR) is 69.2 cm³/mol. The first-order valence-corrected chi connectivity index (χ1v) is 5.55. The Bertz CT molecular complexity index is 609. The molecule has 0 aliphatic heterocycles. The number of thiol groups is 1. The predicted octanol–water partition coefficient (Wildman–Crippen LogP) is 3.18. The lowest BCUT2D eigenvalue weighted by Crippen LogP contribution is -2.16. The average Bonchev–Trinajstić information content (AvgIpc) is 2.35. The van der Waals surface area contributed by atoms with E-state index in [4.69, 9.17) is 0 Å². The fourth-order valence-corrected chi connectivity index (χ4v) is 1.88. The summed E-state index contributed by atoms with van der Waals surface area (Å²) in [7, 11) is 0. The third kappa shape index (κ3) is 2.43. The molecule has 1 unspecified atom stereocenters. The molecule has 1 atom stereocenters. The summed E-state index contributed by atoms with van der Waals surface area (Å²) < 4.78 is 4.63. The molecule has 0 aromatic heterocycles. The summed E-state index contributed by atoms with van der Waals surface area (Å²) in [5, 5.41) is 11.5. The minimum absolute atomic E-state index is 0.334. The summed E-state index contributed by atoms with van der Waals surface area (Å²) in [4.78, 5) is 21.1. The summed E-state index contributed by atoms with van der Waals surface area (Å²) in [6.07, 6.45) is -1.54. The molecule has 0 aliphatic carbocycles. The van der Waals surface area contributed by atoms with Crippen LogP contribution in [0.3, 0.4) is 0 Å². The van der Waals surface area contributed by atoms with Gasteiger partial charge in [-0.25, -0.2) is 4.79 Å². The van der Waals surface area contributed by atoms with Gasteiger partial charge in [0.1, 0.15) is 0 Å². The number of hydrogen-bond donors (Lipinski definition) is 1. The fraction of sp³-hybridized carbons (Fsp3) is 0.0833. The van der Waals surface area contributed by atoms with Crippen molar-refractivity contribution >= 4 is 28.7 Å². The maximum Gasteiger partial charge on any atom is 0.384 e. The van der Waals surface area contributed by atoms with Crippen LogP contribution in [0.5, 0.6) is 0 Å². The number of fused-ring (bicyclic) bond motifs is 1. The Hall–Kier alpha value is -2.08. The smallest absolute Gasteiger partial charge is 0.384 e. The maximum absolute atomic E-state index is 11.0. The van der Waals surface area contributed by atoms with Crippen LogP contribution in [-0.4, -0.2) is 10.2 Å². The SMILES string of the molecule is O=C(S)OC(c1cccc2ccccc12)[N+](=O)[O-]. The van der Waals surface area contributed by atoms with Crippen LogP contribution in [0.1, 0.15) is 11.8 Å². The van der Waals surface area contributed by atoms with Crippen molar-refractivity contribution < 1.29 is 14.5 Å². The average molecular weight is 263 g/mol. The monoisotopic (exact) mass is 263 g/mol. The van der Waals surface area contributed by atoms with Gasteiger partial charge in [0.25, 0.3) is 0 Å². The van der Waals surface area contributed by atoms with Crippen LogP contribution in [0.25, 0.3) is 10.8 Å². The summed E-state index contributed by atoms with van der Waals surface area (Å²) in [5.41, 5.74) is 0.334. The van der Waals surface area contributed by atoms with E-state index in [1.807, 2.05) is 18.2 Å². The lowest BCUT2D eigenvalue weighted by atomic mass is 10.0. The van der Waals surface area contributed by atoms with Gasteiger partial charge in [-0.3, -0.25) is 10.1 Å². The van der Waals surface area contributed by atoms with Gasteiger partial charge in [-0.15, -0.1) is 0 Å². The van der Waals surface area contributed by atoms with E-state index >= 15 is 0 Å². The van der Waals surface area contributed by atoms with Crippen LogP contribution in [0.15, 0.2) is 42.5 Å². The van der Waals surface area contributed by atoms with Crippen molar-refractivity contribution in [2.75, 3.05) is 0 Å². The van der Waals surface area contributed by atoms with Crippen LogP contribution in [0.2, 0.25) is 0 Å². The molecule has 2 aromatic rings. The lowest BCUT2D eigenvalue weighted by Gasteiger charge is -2.11. The zero-order chi connectivity index (χ0) is 13.1. The van der Waals surface area contributed by atoms with Crippen LogP contribution < -0.4 is 0 Å². The van der Waals surface area contributed by atoms with Gasteiger partial charge in [-0.2, -0.15) is 0 Å². The van der Waals surface area contributed by atoms with Crippen molar-refractivity contribution in [2.24, 2.45) is 0 Å². The largest absolute Gasteiger partial charge is 0.386 e. The first kappa shape index (κ1) is 12.4. The summed E-state index contributed by atoms with van der Waals surface area (Å²) >= 11 is 3.41. The van der Waals surface area contributed by atoms with Crippen LogP contribution in [0.4, 0.5) is 4.79 Å². The molecule has 0 aliphatic rings. The lowest BCUT2D eigenvalue weighted by molar-refractivity contribution is -0.573. The molecule has 92 valence electrons.